The Hall–Kier alpha value is -2.98. The van der Waals surface area contributed by atoms with Crippen LogP contribution in [0.15, 0.2) is 24.4 Å². The van der Waals surface area contributed by atoms with E-state index in [0.717, 1.165) is 42.0 Å². The van der Waals surface area contributed by atoms with E-state index in [1.165, 1.54) is 7.11 Å². The molecule has 1 aliphatic heterocycles. The maximum atomic E-state index is 13.4. The molecule has 2 aliphatic rings. The SMILES string of the molecule is COC(=O)NCCCn1nc([C@@H](C)N(C(=O)[C@H]2CNCCO2)C2CC2)c(C)c1-c1ccccn1. The third kappa shape index (κ3) is 5.39. The van der Waals surface area contributed by atoms with Gasteiger partial charge in [0.2, 0.25) is 0 Å². The van der Waals surface area contributed by atoms with Crippen molar-refractivity contribution in [1.82, 2.24) is 30.3 Å². The Bertz CT molecular complexity index is 985. The molecule has 2 atom stereocenters. The number of pyridine rings is 1. The molecule has 0 unspecified atom stereocenters. The van der Waals surface area contributed by atoms with Crippen LogP contribution in [0.25, 0.3) is 11.4 Å². The summed E-state index contributed by atoms with van der Waals surface area (Å²) in [6, 6.07) is 5.83. The molecule has 4 rings (SSSR count). The fourth-order valence-corrected chi connectivity index (χ4v) is 4.51. The van der Waals surface area contributed by atoms with Crippen LogP contribution in [0.1, 0.15) is 43.5 Å². The average molecular weight is 471 g/mol. The van der Waals surface area contributed by atoms with Crippen LogP contribution in [0, 0.1) is 6.92 Å². The Morgan fingerprint density at radius 1 is 1.38 bits per heavy atom. The zero-order valence-corrected chi connectivity index (χ0v) is 20.1. The monoisotopic (exact) mass is 470 g/mol. The number of carbonyl (C=O) groups excluding carboxylic acids is 2. The molecule has 2 amide bonds. The lowest BCUT2D eigenvalue weighted by atomic mass is 10.0. The summed E-state index contributed by atoms with van der Waals surface area (Å²) in [6.07, 6.45) is 3.54. The second kappa shape index (κ2) is 11.0. The molecule has 10 heteroatoms. The van der Waals surface area contributed by atoms with E-state index in [9.17, 15) is 9.59 Å². The Labute approximate surface area is 200 Å². The van der Waals surface area contributed by atoms with E-state index in [-0.39, 0.29) is 18.0 Å². The second-order valence-electron chi connectivity index (χ2n) is 8.79. The minimum Gasteiger partial charge on any atom is -0.453 e. The molecule has 2 N–H and O–H groups in total. The van der Waals surface area contributed by atoms with Gasteiger partial charge in [-0.25, -0.2) is 4.79 Å². The summed E-state index contributed by atoms with van der Waals surface area (Å²) >= 11 is 0. The first-order valence-electron chi connectivity index (χ1n) is 12.0. The summed E-state index contributed by atoms with van der Waals surface area (Å²) in [4.78, 5) is 31.3. The number of rotatable bonds is 9. The largest absolute Gasteiger partial charge is 0.453 e. The van der Waals surface area contributed by atoms with Crippen LogP contribution in [0.5, 0.6) is 0 Å². The average Bonchev–Trinajstić information content (AvgIpc) is 3.65. The quantitative estimate of drug-likeness (QED) is 0.540. The van der Waals surface area contributed by atoms with Gasteiger partial charge in [0.25, 0.3) is 5.91 Å². The number of amides is 2. The fourth-order valence-electron chi connectivity index (χ4n) is 4.51. The van der Waals surface area contributed by atoms with Crippen molar-refractivity contribution in [3.05, 3.63) is 35.7 Å². The number of hydrogen-bond donors (Lipinski definition) is 2. The first-order chi connectivity index (χ1) is 16.5. The molecule has 1 saturated carbocycles. The molecule has 10 nitrogen and oxygen atoms in total. The van der Waals surface area contributed by atoms with Crippen molar-refractivity contribution in [3.8, 4) is 11.4 Å². The van der Waals surface area contributed by atoms with Crippen molar-refractivity contribution in [2.75, 3.05) is 33.4 Å². The first-order valence-corrected chi connectivity index (χ1v) is 12.0. The number of alkyl carbamates (subject to hydrolysis) is 1. The molecule has 0 radical (unpaired) electrons. The van der Waals surface area contributed by atoms with Crippen molar-refractivity contribution >= 4 is 12.0 Å². The van der Waals surface area contributed by atoms with Crippen LogP contribution in [-0.2, 0) is 20.8 Å². The van der Waals surface area contributed by atoms with Crippen LogP contribution >= 0.6 is 0 Å². The third-order valence-corrected chi connectivity index (χ3v) is 6.35. The molecule has 2 aromatic heterocycles. The maximum Gasteiger partial charge on any atom is 0.406 e. The van der Waals surface area contributed by atoms with Gasteiger partial charge in [-0.3, -0.25) is 14.5 Å². The van der Waals surface area contributed by atoms with Crippen molar-refractivity contribution in [1.29, 1.82) is 0 Å². The number of ether oxygens (including phenoxy) is 2. The van der Waals surface area contributed by atoms with Crippen molar-refractivity contribution in [2.45, 2.75) is 57.8 Å². The number of aromatic nitrogens is 3. The van der Waals surface area contributed by atoms with E-state index < -0.39 is 12.2 Å². The zero-order chi connectivity index (χ0) is 24.1. The number of aryl methyl sites for hydroxylation is 1. The van der Waals surface area contributed by atoms with Gasteiger partial charge in [0.05, 0.1) is 36.8 Å². The molecule has 2 fully saturated rings. The molecule has 3 heterocycles. The zero-order valence-electron chi connectivity index (χ0n) is 20.1. The predicted octanol–water partition coefficient (Wildman–Crippen LogP) is 2.04. The summed E-state index contributed by atoms with van der Waals surface area (Å²) in [5.74, 6) is 0.0258. The highest BCUT2D eigenvalue weighted by Crippen LogP contribution is 2.37. The molecule has 1 saturated heterocycles. The highest BCUT2D eigenvalue weighted by atomic mass is 16.5. The van der Waals surface area contributed by atoms with Gasteiger partial charge in [0.1, 0.15) is 6.10 Å². The van der Waals surface area contributed by atoms with Gasteiger partial charge in [-0.2, -0.15) is 5.10 Å². The van der Waals surface area contributed by atoms with Crippen LogP contribution in [0.2, 0.25) is 0 Å². The highest BCUT2D eigenvalue weighted by Gasteiger charge is 2.41. The summed E-state index contributed by atoms with van der Waals surface area (Å²) < 4.78 is 12.4. The number of hydrogen-bond acceptors (Lipinski definition) is 7. The molecule has 0 spiro atoms. The van der Waals surface area contributed by atoms with Crippen LogP contribution < -0.4 is 10.6 Å². The molecule has 0 bridgehead atoms. The predicted molar refractivity (Wildman–Crippen MR) is 126 cm³/mol. The van der Waals surface area contributed by atoms with E-state index in [2.05, 4.69) is 20.4 Å². The molecular weight excluding hydrogens is 436 g/mol. The lowest BCUT2D eigenvalue weighted by Crippen LogP contribution is -2.50. The number of morpholine rings is 1. The van der Waals surface area contributed by atoms with Gasteiger partial charge in [0, 0.05) is 44.0 Å². The van der Waals surface area contributed by atoms with Crippen LogP contribution in [0.4, 0.5) is 4.79 Å². The number of methoxy groups -OCH3 is 1. The minimum atomic E-state index is -0.459. The third-order valence-electron chi connectivity index (χ3n) is 6.35. The van der Waals surface area contributed by atoms with E-state index in [4.69, 9.17) is 9.84 Å². The van der Waals surface area contributed by atoms with E-state index in [1.807, 2.05) is 41.6 Å². The molecule has 0 aromatic carbocycles. The molecule has 1 aliphatic carbocycles. The van der Waals surface area contributed by atoms with Crippen molar-refractivity contribution < 1.29 is 19.1 Å². The Morgan fingerprint density at radius 2 is 2.21 bits per heavy atom. The standard InChI is InChI=1S/C24H34N6O4/c1-16-21(17(2)30(18-8-9-18)23(31)20-15-25-12-14-34-20)28-29(13-6-11-27-24(32)33-3)22(16)19-7-4-5-10-26-19/h4-5,7,10,17-18,20,25H,6,8-9,11-15H2,1-3H3,(H,27,32)/t17-,20-/m1/s1. The number of nitrogens with one attached hydrogen (secondary N) is 2. The Balaban J connectivity index is 1.60. The molecule has 184 valence electrons. The van der Waals surface area contributed by atoms with Gasteiger partial charge < -0.3 is 25.0 Å². The normalized spacial score (nSPS) is 18.9. The topological polar surface area (TPSA) is 111 Å². The highest BCUT2D eigenvalue weighted by molar-refractivity contribution is 5.82. The summed E-state index contributed by atoms with van der Waals surface area (Å²) in [7, 11) is 1.35. The van der Waals surface area contributed by atoms with Gasteiger partial charge in [-0.1, -0.05) is 6.07 Å². The summed E-state index contributed by atoms with van der Waals surface area (Å²) in [5, 5.41) is 10.9. The summed E-state index contributed by atoms with van der Waals surface area (Å²) in [6.45, 7) is 7.00. The van der Waals surface area contributed by atoms with Gasteiger partial charge in [0.15, 0.2) is 0 Å². The molecular formula is C24H34N6O4. The fraction of sp³-hybridized carbons (Fsp3) is 0.583. The minimum absolute atomic E-state index is 0.0258. The molecule has 2 aromatic rings. The smallest absolute Gasteiger partial charge is 0.406 e. The first kappa shape index (κ1) is 24.2. The number of carbonyl (C=O) groups is 2. The lowest BCUT2D eigenvalue weighted by molar-refractivity contribution is -0.148. The van der Waals surface area contributed by atoms with Crippen molar-refractivity contribution in [2.24, 2.45) is 0 Å². The van der Waals surface area contributed by atoms with E-state index in [0.29, 0.717) is 32.7 Å². The Morgan fingerprint density at radius 3 is 2.85 bits per heavy atom. The van der Waals surface area contributed by atoms with E-state index in [1.54, 1.807) is 6.20 Å². The van der Waals surface area contributed by atoms with Crippen molar-refractivity contribution in [3.63, 3.8) is 0 Å². The van der Waals surface area contributed by atoms with Gasteiger partial charge in [-0.05, 0) is 45.2 Å². The molecule has 34 heavy (non-hydrogen) atoms. The summed E-state index contributed by atoms with van der Waals surface area (Å²) in [5.41, 5.74) is 3.63. The maximum absolute atomic E-state index is 13.4. The number of nitrogens with zero attached hydrogens (tertiary/aromatic N) is 4. The van der Waals surface area contributed by atoms with Gasteiger partial charge in [-0.15, -0.1) is 0 Å². The van der Waals surface area contributed by atoms with Gasteiger partial charge >= 0.3 is 6.09 Å². The lowest BCUT2D eigenvalue weighted by Gasteiger charge is -2.33. The Kier molecular flexibility index (Phi) is 7.79. The van der Waals surface area contributed by atoms with Crippen LogP contribution in [-0.4, -0.2) is 77.2 Å². The second-order valence-corrected chi connectivity index (χ2v) is 8.79. The van der Waals surface area contributed by atoms with E-state index >= 15 is 0 Å². The van der Waals surface area contributed by atoms with Crippen LogP contribution in [0.3, 0.4) is 0 Å².